The van der Waals surface area contributed by atoms with Crippen LogP contribution in [0.2, 0.25) is 0 Å². The van der Waals surface area contributed by atoms with Crippen LogP contribution in [-0.2, 0) is 14.3 Å². The standard InChI is InChI=1S/C19H24N4O3/c1-25-12-17(24)23-10-11-26-19(13-23)6-8-22(9-7-19)18-15-4-2-3-5-16(15)20-14-21-18/h2-5,14H,6-13H2,1H3. The van der Waals surface area contributed by atoms with Gasteiger partial charge >= 0.3 is 0 Å². The van der Waals surface area contributed by atoms with Gasteiger partial charge in [0.05, 0.1) is 17.7 Å². The number of carbonyl (C=O) groups excluding carboxylic acids is 1. The number of morpholine rings is 1. The number of amides is 1. The van der Waals surface area contributed by atoms with Crippen molar-refractivity contribution in [1.29, 1.82) is 0 Å². The van der Waals surface area contributed by atoms with Crippen molar-refractivity contribution >= 4 is 22.6 Å². The van der Waals surface area contributed by atoms with Crippen LogP contribution in [0, 0.1) is 0 Å². The summed E-state index contributed by atoms with van der Waals surface area (Å²) in [6.45, 7) is 3.72. The fourth-order valence-electron chi connectivity index (χ4n) is 3.94. The van der Waals surface area contributed by atoms with E-state index in [4.69, 9.17) is 9.47 Å². The van der Waals surface area contributed by atoms with Gasteiger partial charge in [-0.15, -0.1) is 0 Å². The molecule has 138 valence electrons. The highest BCUT2D eigenvalue weighted by atomic mass is 16.5. The molecule has 7 nitrogen and oxygen atoms in total. The molecule has 1 aromatic carbocycles. The lowest BCUT2D eigenvalue weighted by molar-refractivity contribution is -0.157. The number of rotatable bonds is 3. The Morgan fingerprint density at radius 1 is 1.23 bits per heavy atom. The summed E-state index contributed by atoms with van der Waals surface area (Å²) < 4.78 is 11.1. The van der Waals surface area contributed by atoms with Crippen LogP contribution in [0.3, 0.4) is 0 Å². The van der Waals surface area contributed by atoms with Crippen LogP contribution in [0.25, 0.3) is 10.9 Å². The van der Waals surface area contributed by atoms with Gasteiger partial charge in [-0.05, 0) is 25.0 Å². The number of hydrogen-bond acceptors (Lipinski definition) is 6. The number of methoxy groups -OCH3 is 1. The van der Waals surface area contributed by atoms with Gasteiger partial charge < -0.3 is 19.3 Å². The molecule has 0 N–H and O–H groups in total. The second kappa shape index (κ2) is 7.17. The summed E-state index contributed by atoms with van der Waals surface area (Å²) in [5.74, 6) is 1.02. The topological polar surface area (TPSA) is 67.8 Å². The molecule has 3 heterocycles. The van der Waals surface area contributed by atoms with Crippen LogP contribution in [0.15, 0.2) is 30.6 Å². The molecule has 0 saturated carbocycles. The maximum Gasteiger partial charge on any atom is 0.248 e. The lowest BCUT2D eigenvalue weighted by Crippen LogP contribution is -2.58. The van der Waals surface area contributed by atoms with Crippen LogP contribution in [0.4, 0.5) is 5.82 Å². The molecule has 0 unspecified atom stereocenters. The van der Waals surface area contributed by atoms with Crippen molar-refractivity contribution < 1.29 is 14.3 Å². The van der Waals surface area contributed by atoms with Crippen molar-refractivity contribution in [3.63, 3.8) is 0 Å². The minimum Gasteiger partial charge on any atom is -0.375 e. The zero-order valence-electron chi connectivity index (χ0n) is 15.1. The van der Waals surface area contributed by atoms with E-state index in [1.165, 1.54) is 0 Å². The highest BCUT2D eigenvalue weighted by Crippen LogP contribution is 2.33. The number of para-hydroxylation sites is 1. The van der Waals surface area contributed by atoms with Crippen molar-refractivity contribution in [1.82, 2.24) is 14.9 Å². The van der Waals surface area contributed by atoms with E-state index in [2.05, 4.69) is 20.9 Å². The Balaban J connectivity index is 1.47. The summed E-state index contributed by atoms with van der Waals surface area (Å²) in [5, 5.41) is 1.08. The predicted octanol–water partition coefficient (Wildman–Crippen LogP) is 1.47. The minimum absolute atomic E-state index is 0.0411. The van der Waals surface area contributed by atoms with Gasteiger partial charge in [-0.25, -0.2) is 9.97 Å². The van der Waals surface area contributed by atoms with E-state index in [-0.39, 0.29) is 18.1 Å². The summed E-state index contributed by atoms with van der Waals surface area (Å²) >= 11 is 0. The van der Waals surface area contributed by atoms with Crippen LogP contribution in [-0.4, -0.2) is 72.9 Å². The summed E-state index contributed by atoms with van der Waals surface area (Å²) in [4.78, 5) is 25.2. The van der Waals surface area contributed by atoms with Crippen molar-refractivity contribution in [2.45, 2.75) is 18.4 Å². The van der Waals surface area contributed by atoms with Gasteiger partial charge in [0, 0.05) is 38.7 Å². The van der Waals surface area contributed by atoms with E-state index in [0.717, 1.165) is 42.7 Å². The number of carbonyl (C=O) groups is 1. The monoisotopic (exact) mass is 356 g/mol. The fraction of sp³-hybridized carbons (Fsp3) is 0.526. The summed E-state index contributed by atoms with van der Waals surface area (Å²) in [5.41, 5.74) is 0.712. The Kier molecular flexibility index (Phi) is 4.74. The molecule has 7 heteroatoms. The molecule has 2 aliphatic heterocycles. The highest BCUT2D eigenvalue weighted by Gasteiger charge is 2.41. The van der Waals surface area contributed by atoms with Gasteiger partial charge in [-0.1, -0.05) is 12.1 Å². The third-order valence-electron chi connectivity index (χ3n) is 5.36. The van der Waals surface area contributed by atoms with Crippen molar-refractivity contribution in [2.24, 2.45) is 0 Å². The molecule has 1 amide bonds. The van der Waals surface area contributed by atoms with E-state index in [1.807, 2.05) is 23.1 Å². The molecular weight excluding hydrogens is 332 g/mol. The Labute approximate surface area is 152 Å². The van der Waals surface area contributed by atoms with Crippen LogP contribution in [0.1, 0.15) is 12.8 Å². The summed E-state index contributed by atoms with van der Waals surface area (Å²) in [6.07, 6.45) is 3.38. The largest absolute Gasteiger partial charge is 0.375 e. The fourth-order valence-corrected chi connectivity index (χ4v) is 3.94. The van der Waals surface area contributed by atoms with Crippen LogP contribution in [0.5, 0.6) is 0 Å². The lowest BCUT2D eigenvalue weighted by atomic mass is 9.89. The first-order chi connectivity index (χ1) is 12.7. The Morgan fingerprint density at radius 2 is 2.04 bits per heavy atom. The zero-order chi connectivity index (χ0) is 18.0. The van der Waals surface area contributed by atoms with Crippen LogP contribution >= 0.6 is 0 Å². The van der Waals surface area contributed by atoms with E-state index >= 15 is 0 Å². The maximum absolute atomic E-state index is 12.2. The van der Waals surface area contributed by atoms with Gasteiger partial charge in [0.1, 0.15) is 18.8 Å². The second-order valence-corrected chi connectivity index (χ2v) is 6.98. The maximum atomic E-state index is 12.2. The van der Waals surface area contributed by atoms with Gasteiger partial charge in [-0.3, -0.25) is 4.79 Å². The molecule has 26 heavy (non-hydrogen) atoms. The number of nitrogens with zero attached hydrogens (tertiary/aromatic N) is 4. The Morgan fingerprint density at radius 3 is 2.85 bits per heavy atom. The molecule has 0 aliphatic carbocycles. The number of ether oxygens (including phenoxy) is 2. The molecule has 0 bridgehead atoms. The minimum atomic E-state index is -0.249. The Hall–Kier alpha value is -2.25. The zero-order valence-corrected chi connectivity index (χ0v) is 15.1. The number of aromatic nitrogens is 2. The summed E-state index contributed by atoms with van der Waals surface area (Å²) in [7, 11) is 1.55. The van der Waals surface area contributed by atoms with E-state index in [9.17, 15) is 4.79 Å². The van der Waals surface area contributed by atoms with Crippen molar-refractivity contribution in [3.05, 3.63) is 30.6 Å². The first-order valence-electron chi connectivity index (χ1n) is 9.06. The number of benzene rings is 1. The third-order valence-corrected chi connectivity index (χ3v) is 5.36. The molecule has 0 radical (unpaired) electrons. The quantitative estimate of drug-likeness (QED) is 0.830. The Bertz CT molecular complexity index is 784. The molecule has 2 aromatic rings. The molecule has 1 spiro atoms. The van der Waals surface area contributed by atoms with Crippen molar-refractivity contribution in [3.8, 4) is 0 Å². The first-order valence-corrected chi connectivity index (χ1v) is 9.06. The van der Waals surface area contributed by atoms with Gasteiger partial charge in [0.15, 0.2) is 0 Å². The van der Waals surface area contributed by atoms with E-state index < -0.39 is 0 Å². The third kappa shape index (κ3) is 3.24. The number of hydrogen-bond donors (Lipinski definition) is 0. The molecule has 2 aliphatic rings. The molecular formula is C19H24N4O3. The normalized spacial score (nSPS) is 19.9. The highest BCUT2D eigenvalue weighted by molar-refractivity contribution is 5.89. The SMILES string of the molecule is COCC(=O)N1CCOC2(CCN(c3ncnc4ccccc34)CC2)C1. The lowest BCUT2D eigenvalue weighted by Gasteiger charge is -2.47. The summed E-state index contributed by atoms with van der Waals surface area (Å²) in [6, 6.07) is 8.09. The van der Waals surface area contributed by atoms with Gasteiger partial charge in [0.2, 0.25) is 5.91 Å². The van der Waals surface area contributed by atoms with E-state index in [0.29, 0.717) is 19.7 Å². The second-order valence-electron chi connectivity index (χ2n) is 6.98. The molecule has 4 rings (SSSR count). The average Bonchev–Trinajstić information content (AvgIpc) is 2.69. The molecule has 2 saturated heterocycles. The number of piperidine rings is 1. The van der Waals surface area contributed by atoms with E-state index in [1.54, 1.807) is 13.4 Å². The molecule has 0 atom stereocenters. The average molecular weight is 356 g/mol. The smallest absolute Gasteiger partial charge is 0.248 e. The number of anilines is 1. The van der Waals surface area contributed by atoms with Gasteiger partial charge in [-0.2, -0.15) is 0 Å². The first kappa shape index (κ1) is 17.2. The molecule has 1 aromatic heterocycles. The van der Waals surface area contributed by atoms with Gasteiger partial charge in [0.25, 0.3) is 0 Å². The van der Waals surface area contributed by atoms with Crippen LogP contribution < -0.4 is 4.90 Å². The number of fused-ring (bicyclic) bond motifs is 1. The van der Waals surface area contributed by atoms with Crippen molar-refractivity contribution in [2.75, 3.05) is 51.4 Å². The molecule has 2 fully saturated rings. The predicted molar refractivity (Wildman–Crippen MR) is 98.1 cm³/mol.